The molecule has 0 aliphatic carbocycles. The molecule has 1 aliphatic heterocycles. The number of likely N-dealkylation sites (N-methyl/N-ethyl adjacent to an activating group) is 1. The van der Waals surface area contributed by atoms with Gasteiger partial charge in [0.05, 0.1) is 19.1 Å². The van der Waals surface area contributed by atoms with Gasteiger partial charge in [0, 0.05) is 13.7 Å². The van der Waals surface area contributed by atoms with Gasteiger partial charge in [-0.05, 0) is 13.3 Å². The van der Waals surface area contributed by atoms with Crippen LogP contribution in [0.15, 0.2) is 0 Å². The van der Waals surface area contributed by atoms with Gasteiger partial charge in [-0.25, -0.2) is 0 Å². The first-order valence-corrected chi connectivity index (χ1v) is 4.99. The Kier molecular flexibility index (Phi) is 4.08. The monoisotopic (exact) mass is 215 g/mol. The lowest BCUT2D eigenvalue weighted by molar-refractivity contribution is -0.148. The van der Waals surface area contributed by atoms with E-state index in [1.54, 1.807) is 7.05 Å². The van der Waals surface area contributed by atoms with Crippen LogP contribution in [0.5, 0.6) is 0 Å². The molecule has 1 saturated heterocycles. The molecule has 0 aromatic rings. The largest absolute Gasteiger partial charge is 0.468 e. The van der Waals surface area contributed by atoms with Gasteiger partial charge in [-0.15, -0.1) is 0 Å². The van der Waals surface area contributed by atoms with E-state index in [0.717, 1.165) is 6.42 Å². The van der Waals surface area contributed by atoms with Crippen LogP contribution in [-0.2, 0) is 19.1 Å². The van der Waals surface area contributed by atoms with Crippen molar-refractivity contribution in [2.45, 2.75) is 19.4 Å². The molecule has 1 rings (SSSR count). The average Bonchev–Trinajstić information content (AvgIpc) is 2.63. The van der Waals surface area contributed by atoms with E-state index in [-0.39, 0.29) is 24.5 Å². The van der Waals surface area contributed by atoms with Crippen LogP contribution >= 0.6 is 0 Å². The summed E-state index contributed by atoms with van der Waals surface area (Å²) in [6.07, 6.45) is 0.670. The second kappa shape index (κ2) is 5.11. The highest BCUT2D eigenvalue weighted by atomic mass is 16.5. The first kappa shape index (κ1) is 12.0. The van der Waals surface area contributed by atoms with E-state index >= 15 is 0 Å². The topological polar surface area (TPSA) is 55.8 Å². The van der Waals surface area contributed by atoms with Crippen LogP contribution in [0.25, 0.3) is 0 Å². The maximum absolute atomic E-state index is 11.8. The zero-order valence-electron chi connectivity index (χ0n) is 9.36. The van der Waals surface area contributed by atoms with Crippen LogP contribution in [0.4, 0.5) is 0 Å². The molecule has 0 aromatic heterocycles. The molecular weight excluding hydrogens is 198 g/mol. The molecule has 0 aromatic carbocycles. The number of carbonyl (C=O) groups excluding carboxylic acids is 2. The molecule has 1 aliphatic rings. The van der Waals surface area contributed by atoms with Crippen LogP contribution in [0.1, 0.15) is 13.3 Å². The van der Waals surface area contributed by atoms with Crippen molar-refractivity contribution in [3.8, 4) is 0 Å². The van der Waals surface area contributed by atoms with Crippen molar-refractivity contribution in [3.05, 3.63) is 0 Å². The van der Waals surface area contributed by atoms with E-state index in [2.05, 4.69) is 4.74 Å². The summed E-state index contributed by atoms with van der Waals surface area (Å²) < 4.78 is 9.80. The van der Waals surface area contributed by atoms with E-state index in [1.165, 1.54) is 12.0 Å². The fourth-order valence-corrected chi connectivity index (χ4v) is 1.68. The Labute approximate surface area is 89.3 Å². The molecule has 0 N–H and O–H groups in total. The SMILES string of the molecule is COC(=O)CN(C)C(=O)C1CCOC1C. The van der Waals surface area contributed by atoms with E-state index in [0.29, 0.717) is 6.61 Å². The number of carbonyl (C=O) groups is 2. The number of esters is 1. The molecule has 15 heavy (non-hydrogen) atoms. The van der Waals surface area contributed by atoms with Crippen LogP contribution in [0.2, 0.25) is 0 Å². The molecule has 1 fully saturated rings. The van der Waals surface area contributed by atoms with Gasteiger partial charge in [-0.1, -0.05) is 0 Å². The van der Waals surface area contributed by atoms with Crippen molar-refractivity contribution < 1.29 is 19.1 Å². The third-order valence-electron chi connectivity index (χ3n) is 2.66. The molecule has 2 unspecified atom stereocenters. The maximum Gasteiger partial charge on any atom is 0.325 e. The zero-order valence-corrected chi connectivity index (χ0v) is 9.36. The Balaban J connectivity index is 2.48. The fourth-order valence-electron chi connectivity index (χ4n) is 1.68. The van der Waals surface area contributed by atoms with Crippen LogP contribution in [-0.4, -0.2) is 50.2 Å². The van der Waals surface area contributed by atoms with Crippen LogP contribution in [0, 0.1) is 5.92 Å². The van der Waals surface area contributed by atoms with Gasteiger partial charge >= 0.3 is 5.97 Å². The minimum atomic E-state index is -0.405. The van der Waals surface area contributed by atoms with E-state index < -0.39 is 5.97 Å². The summed E-state index contributed by atoms with van der Waals surface area (Å²) in [6.45, 7) is 2.49. The summed E-state index contributed by atoms with van der Waals surface area (Å²) in [5.41, 5.74) is 0. The van der Waals surface area contributed by atoms with Gasteiger partial charge in [0.25, 0.3) is 0 Å². The van der Waals surface area contributed by atoms with Gasteiger partial charge in [-0.3, -0.25) is 9.59 Å². The van der Waals surface area contributed by atoms with Crippen LogP contribution < -0.4 is 0 Å². The first-order chi connectivity index (χ1) is 7.06. The highest BCUT2D eigenvalue weighted by molar-refractivity contribution is 5.83. The Morgan fingerprint density at radius 3 is 2.67 bits per heavy atom. The predicted molar refractivity (Wildman–Crippen MR) is 53.2 cm³/mol. The van der Waals surface area contributed by atoms with Crippen molar-refractivity contribution in [1.82, 2.24) is 4.90 Å². The number of methoxy groups -OCH3 is 1. The predicted octanol–water partition coefficient (Wildman–Crippen LogP) is 0.0428. The van der Waals surface area contributed by atoms with Gasteiger partial charge in [0.2, 0.25) is 5.91 Å². The molecule has 1 heterocycles. The Morgan fingerprint density at radius 1 is 1.53 bits per heavy atom. The van der Waals surface area contributed by atoms with E-state index in [4.69, 9.17) is 4.74 Å². The molecule has 1 amide bonds. The molecule has 0 radical (unpaired) electrons. The smallest absolute Gasteiger partial charge is 0.325 e. The van der Waals surface area contributed by atoms with Crippen molar-refractivity contribution in [3.63, 3.8) is 0 Å². The maximum atomic E-state index is 11.8. The minimum Gasteiger partial charge on any atom is -0.468 e. The van der Waals surface area contributed by atoms with Gasteiger partial charge in [0.1, 0.15) is 6.54 Å². The number of ether oxygens (including phenoxy) is 2. The van der Waals surface area contributed by atoms with Crippen molar-refractivity contribution >= 4 is 11.9 Å². The molecule has 86 valence electrons. The summed E-state index contributed by atoms with van der Waals surface area (Å²) in [5.74, 6) is -0.581. The second-order valence-corrected chi connectivity index (χ2v) is 3.74. The van der Waals surface area contributed by atoms with Gasteiger partial charge in [0.15, 0.2) is 0 Å². The van der Waals surface area contributed by atoms with Crippen LogP contribution in [0.3, 0.4) is 0 Å². The second-order valence-electron chi connectivity index (χ2n) is 3.74. The number of amides is 1. The Hall–Kier alpha value is -1.10. The summed E-state index contributed by atoms with van der Waals surface area (Å²) in [6, 6.07) is 0. The lowest BCUT2D eigenvalue weighted by Crippen LogP contribution is -2.39. The van der Waals surface area contributed by atoms with Gasteiger partial charge < -0.3 is 14.4 Å². The fraction of sp³-hybridized carbons (Fsp3) is 0.800. The number of hydrogen-bond acceptors (Lipinski definition) is 4. The summed E-state index contributed by atoms with van der Waals surface area (Å²) in [7, 11) is 2.91. The van der Waals surface area contributed by atoms with Crippen molar-refractivity contribution in [1.29, 1.82) is 0 Å². The molecule has 5 heteroatoms. The Morgan fingerprint density at radius 2 is 2.20 bits per heavy atom. The summed E-state index contributed by atoms with van der Waals surface area (Å²) in [5, 5.41) is 0. The third-order valence-corrected chi connectivity index (χ3v) is 2.66. The third kappa shape index (κ3) is 2.92. The lowest BCUT2D eigenvalue weighted by Gasteiger charge is -2.21. The van der Waals surface area contributed by atoms with E-state index in [9.17, 15) is 9.59 Å². The summed E-state index contributed by atoms with van der Waals surface area (Å²) >= 11 is 0. The number of rotatable bonds is 3. The first-order valence-electron chi connectivity index (χ1n) is 4.99. The summed E-state index contributed by atoms with van der Waals surface area (Å²) in [4.78, 5) is 24.2. The molecule has 2 atom stereocenters. The molecule has 0 spiro atoms. The number of hydrogen-bond donors (Lipinski definition) is 0. The lowest BCUT2D eigenvalue weighted by atomic mass is 10.0. The number of nitrogens with zero attached hydrogens (tertiary/aromatic N) is 1. The molecular formula is C10H17NO4. The Bertz CT molecular complexity index is 254. The zero-order chi connectivity index (χ0) is 11.4. The molecule has 5 nitrogen and oxygen atoms in total. The molecule has 0 saturated carbocycles. The van der Waals surface area contributed by atoms with E-state index in [1.807, 2.05) is 6.92 Å². The van der Waals surface area contributed by atoms with Crippen molar-refractivity contribution in [2.75, 3.05) is 27.3 Å². The quantitative estimate of drug-likeness (QED) is 0.624. The molecule has 0 bridgehead atoms. The highest BCUT2D eigenvalue weighted by Gasteiger charge is 2.33. The minimum absolute atomic E-state index is 0.00144. The van der Waals surface area contributed by atoms with Crippen molar-refractivity contribution in [2.24, 2.45) is 5.92 Å². The standard InChI is InChI=1S/C10H17NO4/c1-7-8(4-5-15-7)10(13)11(2)6-9(12)14-3/h7-8H,4-6H2,1-3H3. The highest BCUT2D eigenvalue weighted by Crippen LogP contribution is 2.22. The van der Waals surface area contributed by atoms with Gasteiger partial charge in [-0.2, -0.15) is 0 Å². The normalized spacial score (nSPS) is 25.0. The average molecular weight is 215 g/mol.